The maximum absolute atomic E-state index is 5.59. The molecule has 0 saturated carbocycles. The third-order valence-electron chi connectivity index (χ3n) is 2.22. The number of rotatable bonds is 1. The maximum atomic E-state index is 5.59. The lowest BCUT2D eigenvalue weighted by atomic mass is 10.2. The van der Waals surface area contributed by atoms with E-state index in [2.05, 4.69) is 24.5 Å². The summed E-state index contributed by atoms with van der Waals surface area (Å²) in [5.74, 6) is 8.54. The molecule has 0 radical (unpaired) electrons. The van der Waals surface area contributed by atoms with E-state index in [9.17, 15) is 0 Å². The van der Waals surface area contributed by atoms with Gasteiger partial charge in [0.25, 0.3) is 0 Å². The van der Waals surface area contributed by atoms with E-state index in [4.69, 9.17) is 9.47 Å². The van der Waals surface area contributed by atoms with Gasteiger partial charge in [0, 0.05) is 24.2 Å². The molecule has 1 aromatic rings. The minimum atomic E-state index is 0.709. The van der Waals surface area contributed by atoms with E-state index < -0.39 is 0 Å². The summed E-state index contributed by atoms with van der Waals surface area (Å²) in [6, 6.07) is 5.82. The Morgan fingerprint density at radius 1 is 1.19 bits per heavy atom. The van der Waals surface area contributed by atoms with Gasteiger partial charge in [-0.3, -0.25) is 0 Å². The first-order valence-corrected chi connectivity index (χ1v) is 6.03. The van der Waals surface area contributed by atoms with Crippen LogP contribution in [0.4, 0.5) is 0 Å². The molecule has 0 unspecified atom stereocenters. The van der Waals surface area contributed by atoms with Crippen LogP contribution in [0.15, 0.2) is 18.2 Å². The number of fused-ring (bicyclic) bond motifs is 1. The second kappa shape index (κ2) is 5.72. The molecule has 2 rings (SSSR count). The topological polar surface area (TPSA) is 18.5 Å². The smallest absolute Gasteiger partial charge is 0.162 e. The van der Waals surface area contributed by atoms with Gasteiger partial charge in [-0.15, -0.1) is 0 Å². The van der Waals surface area contributed by atoms with Crippen molar-refractivity contribution in [1.82, 2.24) is 0 Å². The summed E-state index contributed by atoms with van der Waals surface area (Å²) in [6.45, 7) is 1.43. The average Bonchev–Trinajstić information content (AvgIpc) is 2.54. The van der Waals surface area contributed by atoms with Crippen molar-refractivity contribution in [1.29, 1.82) is 0 Å². The van der Waals surface area contributed by atoms with Crippen molar-refractivity contribution in [2.24, 2.45) is 0 Å². The molecule has 0 atom stereocenters. The number of hydrogen-bond acceptors (Lipinski definition) is 3. The van der Waals surface area contributed by atoms with Crippen LogP contribution in [0, 0.1) is 11.8 Å². The van der Waals surface area contributed by atoms with Crippen molar-refractivity contribution in [3.8, 4) is 23.3 Å². The van der Waals surface area contributed by atoms with E-state index in [0.29, 0.717) is 6.61 Å². The van der Waals surface area contributed by atoms with Crippen molar-refractivity contribution in [3.05, 3.63) is 23.8 Å². The summed E-state index contributed by atoms with van der Waals surface area (Å²) in [4.78, 5) is 0. The molecule has 0 aliphatic carbocycles. The molecule has 1 heterocycles. The third kappa shape index (κ3) is 2.86. The highest BCUT2D eigenvalue weighted by molar-refractivity contribution is 7.80. The van der Waals surface area contributed by atoms with Crippen LogP contribution in [0.2, 0.25) is 0 Å². The highest BCUT2D eigenvalue weighted by atomic mass is 32.1. The van der Waals surface area contributed by atoms with E-state index >= 15 is 0 Å². The molecule has 3 heteroatoms. The van der Waals surface area contributed by atoms with Crippen molar-refractivity contribution in [2.45, 2.75) is 12.8 Å². The minimum Gasteiger partial charge on any atom is -0.490 e. The minimum absolute atomic E-state index is 0.709. The van der Waals surface area contributed by atoms with E-state index in [0.717, 1.165) is 42.3 Å². The molecule has 0 N–H and O–H groups in total. The second-order valence-electron chi connectivity index (χ2n) is 3.49. The molecule has 16 heavy (non-hydrogen) atoms. The lowest BCUT2D eigenvalue weighted by molar-refractivity contribution is 0.297. The van der Waals surface area contributed by atoms with Crippen molar-refractivity contribution in [2.75, 3.05) is 19.0 Å². The van der Waals surface area contributed by atoms with Crippen LogP contribution in [0.25, 0.3) is 0 Å². The molecule has 2 nitrogen and oxygen atoms in total. The van der Waals surface area contributed by atoms with Gasteiger partial charge in [0.15, 0.2) is 11.5 Å². The van der Waals surface area contributed by atoms with E-state index in [1.165, 1.54) is 0 Å². The molecule has 0 saturated heterocycles. The standard InChI is InChI=1S/C13H14O2S/c16-9-2-1-4-11-5-6-12-13(10-11)15-8-3-7-14-12/h5-6,10,16H,2-3,7-9H2. The largest absolute Gasteiger partial charge is 0.490 e. The van der Waals surface area contributed by atoms with Gasteiger partial charge in [-0.1, -0.05) is 11.8 Å². The number of benzene rings is 1. The molecule has 0 aromatic heterocycles. The zero-order chi connectivity index (χ0) is 11.2. The van der Waals surface area contributed by atoms with Gasteiger partial charge in [0.05, 0.1) is 13.2 Å². The van der Waals surface area contributed by atoms with Crippen molar-refractivity contribution < 1.29 is 9.47 Å². The Morgan fingerprint density at radius 3 is 2.81 bits per heavy atom. The third-order valence-corrected chi connectivity index (χ3v) is 2.44. The van der Waals surface area contributed by atoms with Crippen molar-refractivity contribution in [3.63, 3.8) is 0 Å². The number of hydrogen-bond donors (Lipinski definition) is 1. The van der Waals surface area contributed by atoms with E-state index in [-0.39, 0.29) is 0 Å². The maximum Gasteiger partial charge on any atom is 0.162 e. The highest BCUT2D eigenvalue weighted by Crippen LogP contribution is 2.29. The molecule has 1 aliphatic heterocycles. The van der Waals surface area contributed by atoms with Gasteiger partial charge in [-0.25, -0.2) is 0 Å². The average molecular weight is 234 g/mol. The summed E-state index contributed by atoms with van der Waals surface area (Å²) in [5, 5.41) is 0. The lowest BCUT2D eigenvalue weighted by Gasteiger charge is -2.06. The summed E-state index contributed by atoms with van der Waals surface area (Å²) in [7, 11) is 0. The Labute approximate surface area is 101 Å². The van der Waals surface area contributed by atoms with Crippen LogP contribution in [0.3, 0.4) is 0 Å². The van der Waals surface area contributed by atoms with E-state index in [1.807, 2.05) is 18.2 Å². The quantitative estimate of drug-likeness (QED) is 0.594. The molecule has 0 fully saturated rings. The molecule has 84 valence electrons. The van der Waals surface area contributed by atoms with E-state index in [1.54, 1.807) is 0 Å². The monoisotopic (exact) mass is 234 g/mol. The Kier molecular flexibility index (Phi) is 4.01. The predicted molar refractivity (Wildman–Crippen MR) is 67.4 cm³/mol. The zero-order valence-electron chi connectivity index (χ0n) is 9.03. The normalized spacial score (nSPS) is 13.6. The molecule has 1 aliphatic rings. The Bertz CT molecular complexity index is 418. The first-order chi connectivity index (χ1) is 7.90. The van der Waals surface area contributed by atoms with Crippen molar-refractivity contribution >= 4 is 12.6 Å². The summed E-state index contributed by atoms with van der Waals surface area (Å²) in [6.07, 6.45) is 1.73. The number of thiol groups is 1. The SMILES string of the molecule is SCCC#Cc1ccc2c(c1)OCCCO2. The fourth-order valence-electron chi connectivity index (χ4n) is 1.46. The van der Waals surface area contributed by atoms with Gasteiger partial charge in [-0.05, 0) is 18.2 Å². The predicted octanol–water partition coefficient (Wildman–Crippen LogP) is 2.52. The summed E-state index contributed by atoms with van der Waals surface area (Å²) < 4.78 is 11.1. The summed E-state index contributed by atoms with van der Waals surface area (Å²) >= 11 is 4.11. The van der Waals surface area contributed by atoms with Gasteiger partial charge in [0.1, 0.15) is 0 Å². The lowest BCUT2D eigenvalue weighted by Crippen LogP contribution is -1.97. The van der Waals surface area contributed by atoms with Crippen LogP contribution in [-0.2, 0) is 0 Å². The molecule has 0 spiro atoms. The molecular formula is C13H14O2S. The van der Waals surface area contributed by atoms with Gasteiger partial charge in [-0.2, -0.15) is 12.6 Å². The first kappa shape index (κ1) is 11.2. The Hall–Kier alpha value is -1.27. The second-order valence-corrected chi connectivity index (χ2v) is 3.93. The fraction of sp³-hybridized carbons (Fsp3) is 0.385. The van der Waals surface area contributed by atoms with Crippen LogP contribution >= 0.6 is 12.6 Å². The molecule has 0 bridgehead atoms. The fourth-order valence-corrected chi connectivity index (χ4v) is 1.57. The van der Waals surface area contributed by atoms with Gasteiger partial charge in [0.2, 0.25) is 0 Å². The summed E-state index contributed by atoms with van der Waals surface area (Å²) in [5.41, 5.74) is 0.964. The highest BCUT2D eigenvalue weighted by Gasteiger charge is 2.09. The Balaban J connectivity index is 2.18. The Morgan fingerprint density at radius 2 is 2.00 bits per heavy atom. The molecule has 0 amide bonds. The number of ether oxygens (including phenoxy) is 2. The van der Waals surface area contributed by atoms with Crippen LogP contribution < -0.4 is 9.47 Å². The molecule has 1 aromatic carbocycles. The van der Waals surface area contributed by atoms with Crippen LogP contribution in [0.1, 0.15) is 18.4 Å². The van der Waals surface area contributed by atoms with Gasteiger partial charge < -0.3 is 9.47 Å². The molecular weight excluding hydrogens is 220 g/mol. The first-order valence-electron chi connectivity index (χ1n) is 5.39. The van der Waals surface area contributed by atoms with Crippen LogP contribution in [0.5, 0.6) is 11.5 Å². The van der Waals surface area contributed by atoms with Gasteiger partial charge >= 0.3 is 0 Å². The van der Waals surface area contributed by atoms with Crippen LogP contribution in [-0.4, -0.2) is 19.0 Å². The zero-order valence-corrected chi connectivity index (χ0v) is 9.93.